The molecule has 0 aromatic carbocycles. The fourth-order valence-electron chi connectivity index (χ4n) is 3.14. The molecule has 4 rings (SSSR count). The molecule has 1 amide bonds. The number of amides is 1. The number of nitrogens with zero attached hydrogens (tertiary/aromatic N) is 4. The van der Waals surface area contributed by atoms with Crippen molar-refractivity contribution in [2.45, 2.75) is 25.8 Å². The van der Waals surface area contributed by atoms with Crippen molar-refractivity contribution in [3.63, 3.8) is 0 Å². The topological polar surface area (TPSA) is 80.0 Å². The molecule has 3 aromatic heterocycles. The summed E-state index contributed by atoms with van der Waals surface area (Å²) in [7, 11) is 0. The van der Waals surface area contributed by atoms with E-state index in [1.807, 2.05) is 35.0 Å². The second-order valence-corrected chi connectivity index (χ2v) is 6.19. The number of likely N-dealkylation sites (tertiary alicyclic amines) is 1. The molecule has 3 aromatic rings. The summed E-state index contributed by atoms with van der Waals surface area (Å²) >= 11 is 0. The Hall–Kier alpha value is -2.83. The lowest BCUT2D eigenvalue weighted by atomic mass is 10.1. The maximum atomic E-state index is 12.7. The van der Waals surface area contributed by atoms with Gasteiger partial charge in [0.05, 0.1) is 18.5 Å². The molecule has 1 aliphatic heterocycles. The maximum Gasteiger partial charge on any atom is 0.274 e. The van der Waals surface area contributed by atoms with Crippen LogP contribution in [0.25, 0.3) is 11.5 Å². The molecule has 7 nitrogen and oxygen atoms in total. The number of carbonyl (C=O) groups excluding carboxylic acids is 1. The van der Waals surface area contributed by atoms with Gasteiger partial charge in [0, 0.05) is 25.4 Å². The van der Waals surface area contributed by atoms with Crippen LogP contribution in [0, 0.1) is 6.92 Å². The Morgan fingerprint density at radius 1 is 1.46 bits per heavy atom. The van der Waals surface area contributed by atoms with Gasteiger partial charge in [0.2, 0.25) is 0 Å². The summed E-state index contributed by atoms with van der Waals surface area (Å²) in [6, 6.07) is 5.60. The van der Waals surface area contributed by atoms with Crippen molar-refractivity contribution in [2.75, 3.05) is 13.1 Å². The quantitative estimate of drug-likeness (QED) is 0.803. The third-order valence-corrected chi connectivity index (χ3v) is 4.37. The fraction of sp³-hybridized carbons (Fsp3) is 0.353. The van der Waals surface area contributed by atoms with E-state index in [2.05, 4.69) is 15.3 Å². The molecule has 1 N–H and O–H groups in total. The van der Waals surface area contributed by atoms with Crippen LogP contribution < -0.4 is 0 Å². The van der Waals surface area contributed by atoms with Crippen molar-refractivity contribution >= 4 is 5.91 Å². The maximum absolute atomic E-state index is 12.7. The number of aromatic amines is 1. The molecule has 1 fully saturated rings. The highest BCUT2D eigenvalue weighted by Crippen LogP contribution is 2.24. The molecular weight excluding hydrogens is 306 g/mol. The second-order valence-electron chi connectivity index (χ2n) is 6.19. The Bertz CT molecular complexity index is 833. The van der Waals surface area contributed by atoms with Crippen LogP contribution in [0.1, 0.15) is 34.9 Å². The number of aromatic nitrogens is 4. The van der Waals surface area contributed by atoms with Crippen LogP contribution in [-0.2, 0) is 0 Å². The fourth-order valence-corrected chi connectivity index (χ4v) is 3.14. The summed E-state index contributed by atoms with van der Waals surface area (Å²) < 4.78 is 7.29. The summed E-state index contributed by atoms with van der Waals surface area (Å²) in [5, 5.41) is 11.4. The zero-order chi connectivity index (χ0) is 16.5. The van der Waals surface area contributed by atoms with E-state index in [0.717, 1.165) is 24.9 Å². The molecule has 0 radical (unpaired) electrons. The minimum atomic E-state index is -0.0577. The molecule has 0 bridgehead atoms. The number of aryl methyl sites for hydroxylation is 1. The number of piperidine rings is 1. The highest BCUT2D eigenvalue weighted by Gasteiger charge is 2.27. The van der Waals surface area contributed by atoms with E-state index in [0.29, 0.717) is 23.7 Å². The van der Waals surface area contributed by atoms with Crippen LogP contribution in [0.5, 0.6) is 0 Å². The molecule has 1 saturated heterocycles. The van der Waals surface area contributed by atoms with Crippen LogP contribution in [0.4, 0.5) is 0 Å². The molecule has 1 aliphatic rings. The zero-order valence-electron chi connectivity index (χ0n) is 13.5. The van der Waals surface area contributed by atoms with E-state index in [9.17, 15) is 4.79 Å². The van der Waals surface area contributed by atoms with Gasteiger partial charge in [0.25, 0.3) is 5.91 Å². The minimum Gasteiger partial charge on any atom is -0.463 e. The van der Waals surface area contributed by atoms with Gasteiger partial charge >= 0.3 is 0 Å². The Balaban J connectivity index is 1.50. The van der Waals surface area contributed by atoms with E-state index in [1.54, 1.807) is 18.4 Å². The molecular formula is C17H19N5O2. The summed E-state index contributed by atoms with van der Waals surface area (Å²) in [5.74, 6) is 0.614. The van der Waals surface area contributed by atoms with Gasteiger partial charge in [-0.1, -0.05) is 0 Å². The smallest absolute Gasteiger partial charge is 0.274 e. The molecule has 0 unspecified atom stereocenters. The highest BCUT2D eigenvalue weighted by atomic mass is 16.3. The number of furan rings is 1. The summed E-state index contributed by atoms with van der Waals surface area (Å²) in [4.78, 5) is 14.6. The number of carbonyl (C=O) groups is 1. The van der Waals surface area contributed by atoms with Gasteiger partial charge in [-0.25, -0.2) is 0 Å². The first kappa shape index (κ1) is 14.7. The highest BCUT2D eigenvalue weighted by molar-refractivity contribution is 5.93. The van der Waals surface area contributed by atoms with E-state index >= 15 is 0 Å². The van der Waals surface area contributed by atoms with Gasteiger partial charge in [-0.3, -0.25) is 14.6 Å². The molecule has 1 atom stereocenters. The van der Waals surface area contributed by atoms with Crippen LogP contribution in [0.15, 0.2) is 41.3 Å². The predicted octanol–water partition coefficient (Wildman–Crippen LogP) is 2.65. The van der Waals surface area contributed by atoms with Gasteiger partial charge in [0.1, 0.15) is 5.69 Å². The lowest BCUT2D eigenvalue weighted by Crippen LogP contribution is -2.41. The Labute approximate surface area is 139 Å². The summed E-state index contributed by atoms with van der Waals surface area (Å²) in [6.45, 7) is 3.43. The third-order valence-electron chi connectivity index (χ3n) is 4.37. The van der Waals surface area contributed by atoms with Crippen LogP contribution in [0.3, 0.4) is 0 Å². The van der Waals surface area contributed by atoms with Crippen molar-refractivity contribution in [1.82, 2.24) is 24.9 Å². The first-order valence-corrected chi connectivity index (χ1v) is 8.10. The van der Waals surface area contributed by atoms with Gasteiger partial charge in [-0.05, 0) is 37.5 Å². The monoisotopic (exact) mass is 325 g/mol. The van der Waals surface area contributed by atoms with Crippen molar-refractivity contribution in [3.05, 3.63) is 48.1 Å². The van der Waals surface area contributed by atoms with Crippen LogP contribution >= 0.6 is 0 Å². The minimum absolute atomic E-state index is 0.0577. The van der Waals surface area contributed by atoms with Crippen molar-refractivity contribution in [2.24, 2.45) is 0 Å². The molecule has 0 aliphatic carbocycles. The van der Waals surface area contributed by atoms with E-state index < -0.39 is 0 Å². The van der Waals surface area contributed by atoms with E-state index in [4.69, 9.17) is 4.42 Å². The van der Waals surface area contributed by atoms with Crippen molar-refractivity contribution in [3.8, 4) is 11.5 Å². The van der Waals surface area contributed by atoms with E-state index in [-0.39, 0.29) is 11.9 Å². The van der Waals surface area contributed by atoms with Crippen molar-refractivity contribution in [1.29, 1.82) is 0 Å². The molecule has 0 saturated carbocycles. The third kappa shape index (κ3) is 2.73. The second kappa shape index (κ2) is 5.99. The summed E-state index contributed by atoms with van der Waals surface area (Å²) in [6.07, 6.45) is 7.47. The van der Waals surface area contributed by atoms with Crippen LogP contribution in [-0.4, -0.2) is 43.9 Å². The van der Waals surface area contributed by atoms with Gasteiger partial charge < -0.3 is 9.32 Å². The normalized spacial score (nSPS) is 18.0. The molecule has 124 valence electrons. The number of hydrogen-bond donors (Lipinski definition) is 1. The predicted molar refractivity (Wildman–Crippen MR) is 87.4 cm³/mol. The van der Waals surface area contributed by atoms with E-state index in [1.165, 1.54) is 0 Å². The average molecular weight is 325 g/mol. The first-order chi connectivity index (χ1) is 11.7. The number of hydrogen-bond acceptors (Lipinski definition) is 4. The molecule has 4 heterocycles. The molecule has 0 spiro atoms. The van der Waals surface area contributed by atoms with Gasteiger partial charge in [0.15, 0.2) is 11.5 Å². The van der Waals surface area contributed by atoms with Crippen molar-refractivity contribution < 1.29 is 9.21 Å². The van der Waals surface area contributed by atoms with Crippen LogP contribution in [0.2, 0.25) is 0 Å². The Morgan fingerprint density at radius 2 is 2.38 bits per heavy atom. The van der Waals surface area contributed by atoms with Gasteiger partial charge in [-0.15, -0.1) is 0 Å². The lowest BCUT2D eigenvalue weighted by molar-refractivity contribution is 0.0667. The largest absolute Gasteiger partial charge is 0.463 e. The first-order valence-electron chi connectivity index (χ1n) is 8.10. The zero-order valence-corrected chi connectivity index (χ0v) is 13.5. The standard InChI is InChI=1S/C17H19N5O2/c1-12-9-18-22(10-12)13-4-2-6-21(11-13)17(23)15-8-14(19-20-15)16-5-3-7-24-16/h3,5,7-10,13H,2,4,6,11H2,1H3,(H,19,20)/t13-/m1/s1. The van der Waals surface area contributed by atoms with Gasteiger partial charge in [-0.2, -0.15) is 10.2 Å². The average Bonchev–Trinajstić information content (AvgIpc) is 3.34. The number of H-pyrrole nitrogens is 1. The molecule has 7 heteroatoms. The Kier molecular flexibility index (Phi) is 3.68. The number of nitrogens with one attached hydrogen (secondary N) is 1. The summed E-state index contributed by atoms with van der Waals surface area (Å²) in [5.41, 5.74) is 2.26. The molecule has 24 heavy (non-hydrogen) atoms. The number of rotatable bonds is 3. The Morgan fingerprint density at radius 3 is 3.12 bits per heavy atom. The lowest BCUT2D eigenvalue weighted by Gasteiger charge is -2.32. The SMILES string of the molecule is Cc1cnn([C@@H]2CCCN(C(=O)c3cc(-c4ccco4)[nH]n3)C2)c1.